The number of halogens is 1. The molecule has 0 aliphatic carbocycles. The summed E-state index contributed by atoms with van der Waals surface area (Å²) in [5.74, 6) is -0.0681. The van der Waals surface area contributed by atoms with Gasteiger partial charge >= 0.3 is 0 Å². The standard InChI is InChI=1S/C10H18ClNO3/c1-7(5-11)9(13)12-6-10(14)3-4-15-8(10)2/h7-8,14H,3-6H2,1-2H3,(H,12,13). The normalized spacial score (nSPS) is 32.7. The van der Waals surface area contributed by atoms with Gasteiger partial charge in [-0.3, -0.25) is 4.79 Å². The molecule has 4 nitrogen and oxygen atoms in total. The molecule has 1 rings (SSSR count). The minimum atomic E-state index is -0.929. The van der Waals surface area contributed by atoms with Crippen LogP contribution >= 0.6 is 11.6 Å². The predicted octanol–water partition coefficient (Wildman–Crippen LogP) is 0.517. The first-order valence-electron chi connectivity index (χ1n) is 5.17. The fourth-order valence-corrected chi connectivity index (χ4v) is 1.63. The SMILES string of the molecule is CC(CCl)C(=O)NCC1(O)CCOC1C. The molecule has 3 atom stereocenters. The first-order chi connectivity index (χ1) is 6.99. The third kappa shape index (κ3) is 3.06. The van der Waals surface area contributed by atoms with E-state index >= 15 is 0 Å². The van der Waals surface area contributed by atoms with Crippen molar-refractivity contribution >= 4 is 17.5 Å². The maximum Gasteiger partial charge on any atom is 0.224 e. The van der Waals surface area contributed by atoms with Crippen LogP contribution in [0.4, 0.5) is 0 Å². The molecule has 0 saturated carbocycles. The lowest BCUT2D eigenvalue weighted by atomic mass is 9.96. The van der Waals surface area contributed by atoms with Crippen molar-refractivity contribution in [1.29, 1.82) is 0 Å². The molecule has 88 valence electrons. The second-order valence-corrected chi connectivity index (χ2v) is 4.45. The fourth-order valence-electron chi connectivity index (χ4n) is 1.49. The third-order valence-electron chi connectivity index (χ3n) is 2.91. The summed E-state index contributed by atoms with van der Waals surface area (Å²) < 4.78 is 5.26. The highest BCUT2D eigenvalue weighted by Crippen LogP contribution is 2.24. The zero-order valence-electron chi connectivity index (χ0n) is 9.12. The van der Waals surface area contributed by atoms with E-state index in [1.165, 1.54) is 0 Å². The van der Waals surface area contributed by atoms with Crippen molar-refractivity contribution in [2.24, 2.45) is 5.92 Å². The zero-order valence-corrected chi connectivity index (χ0v) is 9.88. The van der Waals surface area contributed by atoms with Gasteiger partial charge in [0.15, 0.2) is 0 Å². The lowest BCUT2D eigenvalue weighted by Crippen LogP contribution is -2.48. The number of rotatable bonds is 4. The third-order valence-corrected chi connectivity index (χ3v) is 3.37. The molecule has 1 aliphatic rings. The van der Waals surface area contributed by atoms with Crippen LogP contribution in [0.5, 0.6) is 0 Å². The van der Waals surface area contributed by atoms with E-state index in [-0.39, 0.29) is 30.4 Å². The highest BCUT2D eigenvalue weighted by molar-refractivity contribution is 6.19. The Balaban J connectivity index is 2.39. The summed E-state index contributed by atoms with van der Waals surface area (Å²) >= 11 is 5.56. The summed E-state index contributed by atoms with van der Waals surface area (Å²) in [6.07, 6.45) is 0.327. The van der Waals surface area contributed by atoms with Gasteiger partial charge in [0, 0.05) is 31.4 Å². The zero-order chi connectivity index (χ0) is 11.5. The van der Waals surface area contributed by atoms with Gasteiger partial charge in [-0.05, 0) is 6.92 Å². The minimum absolute atomic E-state index is 0.127. The van der Waals surface area contributed by atoms with Gasteiger partial charge in [-0.15, -0.1) is 11.6 Å². The molecule has 0 aromatic heterocycles. The average Bonchev–Trinajstić information content (AvgIpc) is 2.55. The number of carbonyl (C=O) groups is 1. The van der Waals surface area contributed by atoms with Crippen LogP contribution in [0.3, 0.4) is 0 Å². The second kappa shape index (κ2) is 5.14. The number of alkyl halides is 1. The van der Waals surface area contributed by atoms with Crippen LogP contribution in [0.1, 0.15) is 20.3 Å². The van der Waals surface area contributed by atoms with Crippen LogP contribution in [-0.4, -0.2) is 41.8 Å². The van der Waals surface area contributed by atoms with E-state index in [0.717, 1.165) is 0 Å². The smallest absolute Gasteiger partial charge is 0.224 e. The first kappa shape index (κ1) is 12.7. The number of nitrogens with one attached hydrogen (secondary N) is 1. The second-order valence-electron chi connectivity index (χ2n) is 4.14. The van der Waals surface area contributed by atoms with Crippen LogP contribution in [-0.2, 0) is 9.53 Å². The summed E-state index contributed by atoms with van der Waals surface area (Å²) in [7, 11) is 0. The summed E-state index contributed by atoms with van der Waals surface area (Å²) in [6, 6.07) is 0. The molecule has 1 heterocycles. The molecule has 0 aromatic rings. The molecule has 3 unspecified atom stereocenters. The molecule has 0 bridgehead atoms. The number of carbonyl (C=O) groups excluding carboxylic acids is 1. The van der Waals surface area contributed by atoms with Crippen molar-refractivity contribution in [2.45, 2.75) is 32.0 Å². The van der Waals surface area contributed by atoms with Crippen molar-refractivity contribution in [1.82, 2.24) is 5.32 Å². The summed E-state index contributed by atoms with van der Waals surface area (Å²) in [5, 5.41) is 12.8. The van der Waals surface area contributed by atoms with Crippen LogP contribution in [0.15, 0.2) is 0 Å². The Bertz CT molecular complexity index is 237. The molecule has 2 N–H and O–H groups in total. The van der Waals surface area contributed by atoms with Gasteiger partial charge in [-0.2, -0.15) is 0 Å². The molecule has 0 radical (unpaired) electrons. The monoisotopic (exact) mass is 235 g/mol. The Kier molecular flexibility index (Phi) is 4.37. The maximum absolute atomic E-state index is 11.4. The molecule has 0 aromatic carbocycles. The maximum atomic E-state index is 11.4. The number of ether oxygens (including phenoxy) is 1. The highest BCUT2D eigenvalue weighted by Gasteiger charge is 2.39. The Morgan fingerprint density at radius 1 is 1.80 bits per heavy atom. The highest BCUT2D eigenvalue weighted by atomic mass is 35.5. The number of aliphatic hydroxyl groups is 1. The molecule has 5 heteroatoms. The van der Waals surface area contributed by atoms with Crippen LogP contribution in [0.25, 0.3) is 0 Å². The molecular formula is C10H18ClNO3. The van der Waals surface area contributed by atoms with Gasteiger partial charge in [0.25, 0.3) is 0 Å². The molecule has 1 aliphatic heterocycles. The van der Waals surface area contributed by atoms with E-state index in [2.05, 4.69) is 5.32 Å². The van der Waals surface area contributed by atoms with E-state index < -0.39 is 5.60 Å². The predicted molar refractivity (Wildman–Crippen MR) is 57.9 cm³/mol. The van der Waals surface area contributed by atoms with Gasteiger partial charge in [0.1, 0.15) is 5.60 Å². The van der Waals surface area contributed by atoms with Crippen LogP contribution in [0, 0.1) is 5.92 Å². The summed E-state index contributed by atoms with van der Waals surface area (Å²) in [4.78, 5) is 11.4. The van der Waals surface area contributed by atoms with Gasteiger partial charge in [0.05, 0.1) is 6.10 Å². The van der Waals surface area contributed by atoms with Crippen molar-refractivity contribution in [2.75, 3.05) is 19.0 Å². The summed E-state index contributed by atoms with van der Waals surface area (Å²) in [5.41, 5.74) is -0.929. The molecule has 15 heavy (non-hydrogen) atoms. The molecule has 1 amide bonds. The number of amides is 1. The summed E-state index contributed by atoms with van der Waals surface area (Å²) in [6.45, 7) is 4.33. The van der Waals surface area contributed by atoms with Crippen molar-refractivity contribution in [3.05, 3.63) is 0 Å². The molecular weight excluding hydrogens is 218 g/mol. The van der Waals surface area contributed by atoms with Crippen molar-refractivity contribution < 1.29 is 14.6 Å². The average molecular weight is 236 g/mol. The largest absolute Gasteiger partial charge is 0.385 e. The Hall–Kier alpha value is -0.320. The van der Waals surface area contributed by atoms with Crippen molar-refractivity contribution in [3.63, 3.8) is 0 Å². The Morgan fingerprint density at radius 2 is 2.47 bits per heavy atom. The van der Waals surface area contributed by atoms with Crippen LogP contribution in [0.2, 0.25) is 0 Å². The molecule has 0 spiro atoms. The lowest BCUT2D eigenvalue weighted by molar-refractivity contribution is -0.125. The molecule has 1 saturated heterocycles. The van der Waals surface area contributed by atoms with E-state index in [1.807, 2.05) is 6.92 Å². The quantitative estimate of drug-likeness (QED) is 0.699. The first-order valence-corrected chi connectivity index (χ1v) is 5.70. The fraction of sp³-hybridized carbons (Fsp3) is 0.900. The minimum Gasteiger partial charge on any atom is -0.385 e. The lowest BCUT2D eigenvalue weighted by Gasteiger charge is -2.26. The van der Waals surface area contributed by atoms with E-state index in [9.17, 15) is 9.90 Å². The van der Waals surface area contributed by atoms with Gasteiger partial charge < -0.3 is 15.2 Å². The van der Waals surface area contributed by atoms with E-state index in [4.69, 9.17) is 16.3 Å². The van der Waals surface area contributed by atoms with Crippen molar-refractivity contribution in [3.8, 4) is 0 Å². The Labute approximate surface area is 94.9 Å². The number of hydrogen-bond acceptors (Lipinski definition) is 3. The van der Waals surface area contributed by atoms with E-state index in [0.29, 0.717) is 13.0 Å². The topological polar surface area (TPSA) is 58.6 Å². The van der Waals surface area contributed by atoms with Crippen LogP contribution < -0.4 is 5.32 Å². The van der Waals surface area contributed by atoms with Gasteiger partial charge in [0.2, 0.25) is 5.91 Å². The number of hydrogen-bond donors (Lipinski definition) is 2. The molecule has 1 fully saturated rings. The Morgan fingerprint density at radius 3 is 2.93 bits per heavy atom. The van der Waals surface area contributed by atoms with Gasteiger partial charge in [-0.1, -0.05) is 6.92 Å². The van der Waals surface area contributed by atoms with Gasteiger partial charge in [-0.25, -0.2) is 0 Å². The van der Waals surface area contributed by atoms with E-state index in [1.54, 1.807) is 6.92 Å².